The Morgan fingerprint density at radius 2 is 1.72 bits per heavy atom. The van der Waals surface area contributed by atoms with Crippen LogP contribution in [0.15, 0.2) is 48.5 Å². The summed E-state index contributed by atoms with van der Waals surface area (Å²) in [5, 5.41) is 12.3. The third-order valence-corrected chi connectivity index (χ3v) is 4.78. The van der Waals surface area contributed by atoms with Crippen LogP contribution < -0.4 is 10.1 Å². The number of rotatable bonds is 7. The molecule has 0 aliphatic rings. The Balaban J connectivity index is 2.07. The maximum atomic E-state index is 12.4. The molecule has 2 aromatic rings. The van der Waals surface area contributed by atoms with Crippen LogP contribution in [0, 0.1) is 15.4 Å². The maximum absolute atomic E-state index is 12.4. The van der Waals surface area contributed by atoms with Gasteiger partial charge >= 0.3 is 5.97 Å². The number of hydrogen-bond donors (Lipinski definition) is 2. The number of carboxylic acid groups (broad SMARTS) is 1. The van der Waals surface area contributed by atoms with Crippen molar-refractivity contribution in [3.05, 3.63) is 57.7 Å². The molecule has 0 saturated carbocycles. The second kappa shape index (κ2) is 8.84. The fourth-order valence-corrected chi connectivity index (χ4v) is 2.83. The monoisotopic (exact) mass is 453 g/mol. The average molecular weight is 453 g/mol. The Morgan fingerprint density at radius 3 is 2.24 bits per heavy atom. The van der Waals surface area contributed by atoms with Gasteiger partial charge in [-0.1, -0.05) is 19.1 Å². The maximum Gasteiger partial charge on any atom is 0.307 e. The molecule has 2 rings (SSSR count). The summed E-state index contributed by atoms with van der Waals surface area (Å²) in [7, 11) is 1.58. The molecule has 2 N–H and O–H groups in total. The van der Waals surface area contributed by atoms with Gasteiger partial charge in [-0.2, -0.15) is 0 Å². The Kier molecular flexibility index (Phi) is 6.81. The fourth-order valence-electron chi connectivity index (χ4n) is 2.47. The third-order valence-electron chi connectivity index (χ3n) is 4.06. The van der Waals surface area contributed by atoms with Gasteiger partial charge in [0.2, 0.25) is 5.91 Å². The van der Waals surface area contributed by atoms with Crippen LogP contribution >= 0.6 is 22.6 Å². The molecule has 0 fully saturated rings. The van der Waals surface area contributed by atoms with E-state index in [1.54, 1.807) is 38.3 Å². The molecule has 6 heteroatoms. The number of halogens is 1. The Labute approximate surface area is 160 Å². The van der Waals surface area contributed by atoms with Gasteiger partial charge in [0.15, 0.2) is 0 Å². The van der Waals surface area contributed by atoms with Crippen molar-refractivity contribution in [2.24, 2.45) is 11.8 Å². The first-order valence-electron chi connectivity index (χ1n) is 7.83. The molecule has 0 aliphatic heterocycles. The van der Waals surface area contributed by atoms with E-state index in [0.29, 0.717) is 11.4 Å². The topological polar surface area (TPSA) is 75.6 Å². The van der Waals surface area contributed by atoms with Crippen molar-refractivity contribution in [3.8, 4) is 5.75 Å². The van der Waals surface area contributed by atoms with Crippen LogP contribution in [0.5, 0.6) is 5.75 Å². The zero-order valence-corrected chi connectivity index (χ0v) is 16.2. The van der Waals surface area contributed by atoms with Gasteiger partial charge in [-0.3, -0.25) is 9.59 Å². The van der Waals surface area contributed by atoms with E-state index in [1.807, 2.05) is 24.3 Å². The number of carboxylic acids is 1. The average Bonchev–Trinajstić information content (AvgIpc) is 2.61. The molecule has 0 radical (unpaired) electrons. The summed E-state index contributed by atoms with van der Waals surface area (Å²) < 4.78 is 6.16. The van der Waals surface area contributed by atoms with Crippen molar-refractivity contribution in [2.45, 2.75) is 13.3 Å². The summed E-state index contributed by atoms with van der Waals surface area (Å²) in [6.45, 7) is 1.64. The highest BCUT2D eigenvalue weighted by atomic mass is 127. The predicted molar refractivity (Wildman–Crippen MR) is 105 cm³/mol. The highest BCUT2D eigenvalue weighted by Crippen LogP contribution is 2.22. The predicted octanol–water partition coefficient (Wildman–Crippen LogP) is 3.82. The number of nitrogens with one attached hydrogen (secondary N) is 1. The lowest BCUT2D eigenvalue weighted by atomic mass is 9.87. The van der Waals surface area contributed by atoms with Crippen LogP contribution in [-0.2, 0) is 16.0 Å². The molecular formula is C19H20INO4. The second-order valence-corrected chi connectivity index (χ2v) is 7.03. The minimum atomic E-state index is -0.985. The first-order valence-corrected chi connectivity index (χ1v) is 8.90. The first kappa shape index (κ1) is 19.2. The Morgan fingerprint density at radius 1 is 1.12 bits per heavy atom. The molecule has 2 atom stereocenters. The second-order valence-electron chi connectivity index (χ2n) is 5.78. The van der Waals surface area contributed by atoms with Gasteiger partial charge in [0.1, 0.15) is 5.75 Å². The molecule has 132 valence electrons. The number of methoxy groups -OCH3 is 1. The molecule has 0 bridgehead atoms. The SMILES string of the molecule is COc1ccc(C[C@@H](C(=O)O)[C@H](C)C(=O)Nc2ccc(I)cc2)cc1. The van der Waals surface area contributed by atoms with E-state index in [9.17, 15) is 14.7 Å². The number of hydrogen-bond acceptors (Lipinski definition) is 3. The minimum absolute atomic E-state index is 0.278. The van der Waals surface area contributed by atoms with Gasteiger partial charge < -0.3 is 15.2 Å². The minimum Gasteiger partial charge on any atom is -0.497 e. The molecule has 1 amide bonds. The van der Waals surface area contributed by atoms with E-state index >= 15 is 0 Å². The lowest BCUT2D eigenvalue weighted by Gasteiger charge is -2.20. The molecule has 0 aromatic heterocycles. The number of carbonyl (C=O) groups excluding carboxylic acids is 1. The molecule has 0 aliphatic carbocycles. The van der Waals surface area contributed by atoms with Crippen molar-refractivity contribution in [3.63, 3.8) is 0 Å². The number of amides is 1. The van der Waals surface area contributed by atoms with E-state index in [-0.39, 0.29) is 12.3 Å². The van der Waals surface area contributed by atoms with Gasteiger partial charge in [0.25, 0.3) is 0 Å². The zero-order chi connectivity index (χ0) is 18.4. The summed E-state index contributed by atoms with van der Waals surface area (Å²) in [5.41, 5.74) is 1.51. The Hall–Kier alpha value is -2.09. The summed E-state index contributed by atoms with van der Waals surface area (Å²) in [5.74, 6) is -2.06. The molecule has 25 heavy (non-hydrogen) atoms. The normalized spacial score (nSPS) is 12.9. The van der Waals surface area contributed by atoms with Gasteiger partial charge in [0.05, 0.1) is 13.0 Å². The zero-order valence-electron chi connectivity index (χ0n) is 14.0. The van der Waals surface area contributed by atoms with Crippen molar-refractivity contribution < 1.29 is 19.4 Å². The first-order chi connectivity index (χ1) is 11.9. The quantitative estimate of drug-likeness (QED) is 0.626. The molecule has 2 aromatic carbocycles. The summed E-state index contributed by atoms with van der Waals surface area (Å²) >= 11 is 2.18. The van der Waals surface area contributed by atoms with Crippen LogP contribution in [0.4, 0.5) is 5.69 Å². The van der Waals surface area contributed by atoms with Crippen molar-refractivity contribution >= 4 is 40.2 Å². The van der Waals surface area contributed by atoms with Crippen LogP contribution in [0.1, 0.15) is 12.5 Å². The van der Waals surface area contributed by atoms with Crippen molar-refractivity contribution in [2.75, 3.05) is 12.4 Å². The van der Waals surface area contributed by atoms with Gasteiger partial charge in [-0.25, -0.2) is 0 Å². The molecule has 5 nitrogen and oxygen atoms in total. The van der Waals surface area contributed by atoms with Crippen LogP contribution in [0.25, 0.3) is 0 Å². The number of carbonyl (C=O) groups is 2. The molecule has 0 unspecified atom stereocenters. The largest absolute Gasteiger partial charge is 0.497 e. The highest BCUT2D eigenvalue weighted by molar-refractivity contribution is 14.1. The van der Waals surface area contributed by atoms with E-state index in [1.165, 1.54) is 0 Å². The van der Waals surface area contributed by atoms with E-state index in [2.05, 4.69) is 27.9 Å². The molecular weight excluding hydrogens is 433 g/mol. The van der Waals surface area contributed by atoms with Crippen LogP contribution in [-0.4, -0.2) is 24.1 Å². The lowest BCUT2D eigenvalue weighted by Crippen LogP contribution is -2.33. The standard InChI is InChI=1S/C19H20INO4/c1-12(18(22)21-15-7-5-14(20)6-8-15)17(19(23)24)11-13-3-9-16(25-2)10-4-13/h3-10,12,17H,11H2,1-2H3,(H,21,22)(H,23,24)/t12-,17+/m0/s1. The molecule has 0 heterocycles. The van der Waals surface area contributed by atoms with E-state index < -0.39 is 17.8 Å². The number of ether oxygens (including phenoxy) is 1. The summed E-state index contributed by atoms with van der Waals surface area (Å²) in [4.78, 5) is 24.1. The summed E-state index contributed by atoms with van der Waals surface area (Å²) in [6.07, 6.45) is 0.278. The Bertz CT molecular complexity index is 728. The van der Waals surface area contributed by atoms with Crippen LogP contribution in [0.2, 0.25) is 0 Å². The van der Waals surface area contributed by atoms with Gasteiger partial charge in [-0.05, 0) is 71.0 Å². The summed E-state index contributed by atoms with van der Waals surface area (Å²) in [6, 6.07) is 14.6. The molecule has 0 saturated heterocycles. The van der Waals surface area contributed by atoms with E-state index in [4.69, 9.17) is 4.74 Å². The van der Waals surface area contributed by atoms with E-state index in [0.717, 1.165) is 9.13 Å². The van der Waals surface area contributed by atoms with Crippen molar-refractivity contribution in [1.82, 2.24) is 0 Å². The van der Waals surface area contributed by atoms with Crippen LogP contribution in [0.3, 0.4) is 0 Å². The molecule has 0 spiro atoms. The smallest absolute Gasteiger partial charge is 0.307 e. The fraction of sp³-hybridized carbons (Fsp3) is 0.263. The number of anilines is 1. The third kappa shape index (κ3) is 5.45. The lowest BCUT2D eigenvalue weighted by molar-refractivity contribution is -0.145. The number of benzene rings is 2. The number of aliphatic carboxylic acids is 1. The van der Waals surface area contributed by atoms with Crippen molar-refractivity contribution in [1.29, 1.82) is 0 Å². The highest BCUT2D eigenvalue weighted by Gasteiger charge is 2.30. The van der Waals surface area contributed by atoms with Gasteiger partial charge in [0, 0.05) is 15.2 Å². The van der Waals surface area contributed by atoms with Gasteiger partial charge in [-0.15, -0.1) is 0 Å².